The first kappa shape index (κ1) is 16.1. The van der Waals surface area contributed by atoms with Gasteiger partial charge in [0.1, 0.15) is 11.5 Å². The first-order valence-corrected chi connectivity index (χ1v) is 7.69. The van der Waals surface area contributed by atoms with Crippen LogP contribution in [0.1, 0.15) is 34.1 Å². The molecule has 0 saturated carbocycles. The number of Topliss-reactive ketones (excluding diaryl/α,β-unsaturated/α-hetero) is 1. The highest BCUT2D eigenvalue weighted by molar-refractivity contribution is 5.92. The number of aryl methyl sites for hydroxylation is 2. The van der Waals surface area contributed by atoms with E-state index >= 15 is 0 Å². The molecule has 0 amide bonds. The molecule has 4 nitrogen and oxygen atoms in total. The number of ketones is 1. The van der Waals surface area contributed by atoms with E-state index in [-0.39, 0.29) is 11.6 Å². The van der Waals surface area contributed by atoms with Crippen molar-refractivity contribution >= 4 is 5.78 Å². The summed E-state index contributed by atoms with van der Waals surface area (Å²) in [6.07, 6.45) is 3.90. The summed E-state index contributed by atoms with van der Waals surface area (Å²) in [6.45, 7) is 3.39. The lowest BCUT2D eigenvalue weighted by Gasteiger charge is -2.09. The van der Waals surface area contributed by atoms with Crippen LogP contribution in [0, 0.1) is 12.7 Å². The maximum absolute atomic E-state index is 14.5. The number of pyridine rings is 1. The van der Waals surface area contributed by atoms with E-state index in [0.717, 1.165) is 22.4 Å². The van der Waals surface area contributed by atoms with Crippen LogP contribution >= 0.6 is 0 Å². The fraction of sp³-hybridized carbons (Fsp3) is 0.211. The largest absolute Gasteiger partial charge is 0.293 e. The molecule has 0 N–H and O–H groups in total. The van der Waals surface area contributed by atoms with Gasteiger partial charge in [0.25, 0.3) is 0 Å². The lowest BCUT2D eigenvalue weighted by molar-refractivity contribution is 0.101. The van der Waals surface area contributed by atoms with Crippen molar-refractivity contribution in [1.29, 1.82) is 0 Å². The fourth-order valence-electron chi connectivity index (χ4n) is 2.57. The molecule has 122 valence electrons. The molecule has 3 rings (SSSR count). The molecule has 0 bridgehead atoms. The molecule has 0 atom stereocenters. The standard InChI is InChI=1S/C19H18FN3O/c1-12-11-21-19(13(2)24)10-16(12)8-14-4-5-15(9-17(14)20)18-6-7-23(3)22-18/h4-7,9-11H,8H2,1-3H3. The molecule has 0 aliphatic carbocycles. The second-order valence-electron chi connectivity index (χ2n) is 5.91. The topological polar surface area (TPSA) is 47.8 Å². The van der Waals surface area contributed by atoms with E-state index in [4.69, 9.17) is 0 Å². The average Bonchev–Trinajstić information content (AvgIpc) is 2.97. The van der Waals surface area contributed by atoms with Gasteiger partial charge in [-0.15, -0.1) is 0 Å². The third kappa shape index (κ3) is 3.25. The van der Waals surface area contributed by atoms with Crippen LogP contribution in [0.25, 0.3) is 11.3 Å². The third-order valence-corrected chi connectivity index (χ3v) is 4.02. The molecule has 2 heterocycles. The minimum absolute atomic E-state index is 0.0952. The predicted molar refractivity (Wildman–Crippen MR) is 90.4 cm³/mol. The van der Waals surface area contributed by atoms with Crippen molar-refractivity contribution in [2.45, 2.75) is 20.3 Å². The van der Waals surface area contributed by atoms with Crippen LogP contribution < -0.4 is 0 Å². The van der Waals surface area contributed by atoms with Gasteiger partial charge in [-0.1, -0.05) is 12.1 Å². The molecular weight excluding hydrogens is 305 g/mol. The highest BCUT2D eigenvalue weighted by Gasteiger charge is 2.11. The van der Waals surface area contributed by atoms with E-state index in [1.54, 1.807) is 23.0 Å². The van der Waals surface area contributed by atoms with Crippen molar-refractivity contribution in [3.8, 4) is 11.3 Å². The van der Waals surface area contributed by atoms with Crippen LogP contribution in [0.4, 0.5) is 4.39 Å². The molecule has 5 heteroatoms. The Kier molecular flexibility index (Phi) is 4.25. The number of rotatable bonds is 4. The second kappa shape index (κ2) is 6.35. The number of carbonyl (C=O) groups excluding carboxylic acids is 1. The molecule has 24 heavy (non-hydrogen) atoms. The van der Waals surface area contributed by atoms with Gasteiger partial charge in [-0.2, -0.15) is 5.10 Å². The Bertz CT molecular complexity index is 915. The van der Waals surface area contributed by atoms with Crippen molar-refractivity contribution in [1.82, 2.24) is 14.8 Å². The normalized spacial score (nSPS) is 10.8. The zero-order valence-corrected chi connectivity index (χ0v) is 13.9. The molecule has 0 fully saturated rings. The van der Waals surface area contributed by atoms with Crippen molar-refractivity contribution in [2.24, 2.45) is 7.05 Å². The van der Waals surface area contributed by atoms with Crippen LogP contribution in [0.2, 0.25) is 0 Å². The average molecular weight is 323 g/mol. The first-order chi connectivity index (χ1) is 11.4. The number of halogens is 1. The van der Waals surface area contributed by atoms with Crippen molar-refractivity contribution in [3.05, 3.63) is 70.9 Å². The monoisotopic (exact) mass is 323 g/mol. The van der Waals surface area contributed by atoms with Crippen LogP contribution in [-0.4, -0.2) is 20.5 Å². The van der Waals surface area contributed by atoms with Crippen molar-refractivity contribution in [2.75, 3.05) is 0 Å². The number of hydrogen-bond donors (Lipinski definition) is 0. The van der Waals surface area contributed by atoms with E-state index in [9.17, 15) is 9.18 Å². The SMILES string of the molecule is CC(=O)c1cc(Cc2ccc(-c3ccn(C)n3)cc2F)c(C)cn1. The highest BCUT2D eigenvalue weighted by Crippen LogP contribution is 2.23. The van der Waals surface area contributed by atoms with Crippen molar-refractivity contribution < 1.29 is 9.18 Å². The number of aromatic nitrogens is 3. The van der Waals surface area contributed by atoms with Crippen LogP contribution in [0.5, 0.6) is 0 Å². The Morgan fingerprint density at radius 1 is 1.21 bits per heavy atom. The summed E-state index contributed by atoms with van der Waals surface area (Å²) in [5.41, 5.74) is 4.31. The summed E-state index contributed by atoms with van der Waals surface area (Å²) in [6, 6.07) is 8.72. The summed E-state index contributed by atoms with van der Waals surface area (Å²) in [4.78, 5) is 15.6. The summed E-state index contributed by atoms with van der Waals surface area (Å²) in [5, 5.41) is 4.29. The lowest BCUT2D eigenvalue weighted by Crippen LogP contribution is -2.02. The Labute approximate surface area is 140 Å². The van der Waals surface area contributed by atoms with Gasteiger partial charge in [-0.3, -0.25) is 14.5 Å². The zero-order valence-electron chi connectivity index (χ0n) is 13.9. The summed E-state index contributed by atoms with van der Waals surface area (Å²) in [7, 11) is 1.83. The maximum atomic E-state index is 14.5. The molecule has 2 aromatic heterocycles. The Balaban J connectivity index is 1.91. The summed E-state index contributed by atoms with van der Waals surface area (Å²) >= 11 is 0. The third-order valence-electron chi connectivity index (χ3n) is 4.02. The Hall–Kier alpha value is -2.82. The minimum atomic E-state index is -0.279. The van der Waals surface area contributed by atoms with Crippen LogP contribution in [0.3, 0.4) is 0 Å². The second-order valence-corrected chi connectivity index (χ2v) is 5.91. The highest BCUT2D eigenvalue weighted by atomic mass is 19.1. The maximum Gasteiger partial charge on any atom is 0.178 e. The van der Waals surface area contributed by atoms with E-state index in [0.29, 0.717) is 17.7 Å². The molecule has 0 unspecified atom stereocenters. The minimum Gasteiger partial charge on any atom is -0.293 e. The van der Waals surface area contributed by atoms with Gasteiger partial charge in [0, 0.05) is 38.3 Å². The van der Waals surface area contributed by atoms with Gasteiger partial charge in [-0.05, 0) is 41.8 Å². The molecule has 1 aromatic carbocycles. The van der Waals surface area contributed by atoms with Crippen LogP contribution in [-0.2, 0) is 13.5 Å². The fourth-order valence-corrected chi connectivity index (χ4v) is 2.57. The van der Waals surface area contributed by atoms with Crippen LogP contribution in [0.15, 0.2) is 42.7 Å². The van der Waals surface area contributed by atoms with E-state index in [2.05, 4.69) is 10.1 Å². The number of nitrogens with zero attached hydrogens (tertiary/aromatic N) is 3. The quantitative estimate of drug-likeness (QED) is 0.688. The molecular formula is C19H18FN3O. The summed E-state index contributed by atoms with van der Waals surface area (Å²) in [5.74, 6) is -0.374. The molecule has 0 saturated heterocycles. The van der Waals surface area contributed by atoms with Gasteiger partial charge < -0.3 is 0 Å². The lowest BCUT2D eigenvalue weighted by atomic mass is 9.99. The smallest absolute Gasteiger partial charge is 0.178 e. The Morgan fingerprint density at radius 2 is 2.00 bits per heavy atom. The molecule has 0 aliphatic heterocycles. The van der Waals surface area contributed by atoms with E-state index in [1.807, 2.05) is 32.3 Å². The van der Waals surface area contributed by atoms with Gasteiger partial charge in [0.2, 0.25) is 0 Å². The first-order valence-electron chi connectivity index (χ1n) is 7.69. The van der Waals surface area contributed by atoms with Crippen molar-refractivity contribution in [3.63, 3.8) is 0 Å². The van der Waals surface area contributed by atoms with Gasteiger partial charge in [0.05, 0.1) is 5.69 Å². The van der Waals surface area contributed by atoms with Gasteiger partial charge in [-0.25, -0.2) is 4.39 Å². The molecule has 0 radical (unpaired) electrons. The van der Waals surface area contributed by atoms with E-state index < -0.39 is 0 Å². The molecule has 0 aliphatic rings. The molecule has 0 spiro atoms. The number of carbonyl (C=O) groups is 1. The number of benzene rings is 1. The van der Waals surface area contributed by atoms with E-state index in [1.165, 1.54) is 13.0 Å². The molecule has 3 aromatic rings. The Morgan fingerprint density at radius 3 is 2.62 bits per heavy atom. The zero-order chi connectivity index (χ0) is 17.3. The summed E-state index contributed by atoms with van der Waals surface area (Å²) < 4.78 is 16.2. The number of hydrogen-bond acceptors (Lipinski definition) is 3. The predicted octanol–water partition coefficient (Wildman–Crippen LogP) is 3.72. The van der Waals surface area contributed by atoms with Gasteiger partial charge in [0.15, 0.2) is 5.78 Å². The van der Waals surface area contributed by atoms with Gasteiger partial charge >= 0.3 is 0 Å².